The van der Waals surface area contributed by atoms with Crippen molar-refractivity contribution in [2.24, 2.45) is 5.92 Å². The summed E-state index contributed by atoms with van der Waals surface area (Å²) in [5, 5.41) is 25.1. The molecule has 2 fully saturated rings. The Morgan fingerprint density at radius 2 is 2.03 bits per heavy atom. The van der Waals surface area contributed by atoms with E-state index in [4.69, 9.17) is 4.74 Å². The fourth-order valence-corrected chi connectivity index (χ4v) is 9.67. The Morgan fingerprint density at radius 3 is 2.80 bits per heavy atom. The van der Waals surface area contributed by atoms with Crippen molar-refractivity contribution in [3.05, 3.63) is 55.6 Å². The molecule has 2 N–H and O–H groups in total. The number of piperidine rings is 1. The van der Waals surface area contributed by atoms with Gasteiger partial charge in [-0.25, -0.2) is 0 Å². The molecular formula is C28H28Br2N2O3. The number of aromatic hydroxyl groups is 1. The molecule has 3 aliphatic carbocycles. The lowest BCUT2D eigenvalue weighted by molar-refractivity contribution is -0.173. The number of phenols is 1. The minimum Gasteiger partial charge on any atom is -0.504 e. The van der Waals surface area contributed by atoms with Crippen LogP contribution in [-0.4, -0.2) is 44.4 Å². The zero-order valence-electron chi connectivity index (χ0n) is 19.7. The molecule has 3 aromatic rings. The summed E-state index contributed by atoms with van der Waals surface area (Å²) in [5.41, 5.74) is 4.34. The van der Waals surface area contributed by atoms with Crippen molar-refractivity contribution in [3.8, 4) is 11.5 Å². The van der Waals surface area contributed by atoms with Crippen LogP contribution >= 0.6 is 31.9 Å². The molecule has 5 aliphatic rings. The summed E-state index contributed by atoms with van der Waals surface area (Å²) in [6.45, 7) is 5.04. The minimum atomic E-state index is -0.953. The molecule has 8 rings (SSSR count). The van der Waals surface area contributed by atoms with Gasteiger partial charge in [0.25, 0.3) is 0 Å². The van der Waals surface area contributed by atoms with Gasteiger partial charge in [0.05, 0.1) is 22.2 Å². The average Bonchev–Trinajstić information content (AvgIpc) is 3.48. The van der Waals surface area contributed by atoms with Crippen LogP contribution in [-0.2, 0) is 24.8 Å². The number of halogens is 2. The van der Waals surface area contributed by atoms with Crippen molar-refractivity contribution in [1.29, 1.82) is 0 Å². The van der Waals surface area contributed by atoms with Gasteiger partial charge in [-0.2, -0.15) is 0 Å². The van der Waals surface area contributed by atoms with Crippen molar-refractivity contribution in [2.45, 2.75) is 68.7 Å². The molecule has 0 amide bonds. The molecule has 7 heteroatoms. The summed E-state index contributed by atoms with van der Waals surface area (Å²) in [6, 6.07) is 8.21. The second kappa shape index (κ2) is 6.85. The van der Waals surface area contributed by atoms with E-state index in [1.807, 2.05) is 0 Å². The largest absolute Gasteiger partial charge is 0.504 e. The maximum Gasteiger partial charge on any atom is 0.166 e. The summed E-state index contributed by atoms with van der Waals surface area (Å²) in [6.07, 6.45) is 4.55. The first kappa shape index (κ1) is 21.5. The van der Waals surface area contributed by atoms with Gasteiger partial charge in [0.1, 0.15) is 0 Å². The standard InChI is InChI=1S/C28H28Br2N2O3/c1-2-32-23-17(10-16(29)11-19(23)30)18-12-28(34)21-9-15-5-6-20(33)25-22(15)27(28,26(35-25)24(18)32)7-8-31(21)13-14-3-4-14/h5-6,10-11,14,21,26,33-34H,2-4,7-9,12-13H2,1H3/t21-,26-,27-,28+/m0/s1. The number of aromatic nitrogens is 1. The number of likely N-dealkylation sites (tertiary alicyclic amines) is 1. The highest BCUT2D eigenvalue weighted by Crippen LogP contribution is 2.69. The Bertz CT molecular complexity index is 1450. The third kappa shape index (κ3) is 2.47. The van der Waals surface area contributed by atoms with Gasteiger partial charge in [0.2, 0.25) is 0 Å². The quantitative estimate of drug-likeness (QED) is 0.412. The second-order valence-electron chi connectivity index (χ2n) is 11.3. The zero-order chi connectivity index (χ0) is 23.9. The maximum absolute atomic E-state index is 13.0. The fourth-order valence-electron chi connectivity index (χ4n) is 8.23. The predicted molar refractivity (Wildman–Crippen MR) is 141 cm³/mol. The summed E-state index contributed by atoms with van der Waals surface area (Å²) in [4.78, 5) is 2.59. The minimum absolute atomic E-state index is 0.0507. The average molecular weight is 600 g/mol. The van der Waals surface area contributed by atoms with E-state index < -0.39 is 11.0 Å². The van der Waals surface area contributed by atoms with Crippen LogP contribution in [0, 0.1) is 5.92 Å². The van der Waals surface area contributed by atoms with E-state index in [0.717, 1.165) is 58.4 Å². The van der Waals surface area contributed by atoms with E-state index in [0.29, 0.717) is 12.2 Å². The summed E-state index contributed by atoms with van der Waals surface area (Å²) in [7, 11) is 0. The Kier molecular flexibility index (Phi) is 4.22. The lowest BCUT2D eigenvalue weighted by Crippen LogP contribution is -2.74. The molecule has 182 valence electrons. The number of nitrogens with zero attached hydrogens (tertiary/aromatic N) is 2. The van der Waals surface area contributed by atoms with E-state index in [1.165, 1.54) is 35.0 Å². The highest BCUT2D eigenvalue weighted by Gasteiger charge is 2.73. The van der Waals surface area contributed by atoms with E-state index in [9.17, 15) is 10.2 Å². The summed E-state index contributed by atoms with van der Waals surface area (Å²) >= 11 is 7.53. The molecule has 3 heterocycles. The number of rotatable bonds is 3. The molecule has 2 bridgehead atoms. The summed E-state index contributed by atoms with van der Waals surface area (Å²) < 4.78 is 11.2. The molecule has 1 aromatic heterocycles. The predicted octanol–water partition coefficient (Wildman–Crippen LogP) is 5.59. The first-order valence-electron chi connectivity index (χ1n) is 12.9. The third-order valence-corrected chi connectivity index (χ3v) is 10.8. The first-order valence-corrected chi connectivity index (χ1v) is 14.4. The van der Waals surface area contributed by atoms with Gasteiger partial charge in [-0.05, 0) is 90.3 Å². The normalized spacial score (nSPS) is 32.5. The van der Waals surface area contributed by atoms with E-state index in [2.05, 4.69) is 66.4 Å². The molecule has 1 spiro atoms. The first-order chi connectivity index (χ1) is 16.9. The fraction of sp³-hybridized carbons (Fsp3) is 0.500. The molecule has 1 saturated heterocycles. The van der Waals surface area contributed by atoms with Crippen LogP contribution in [0.1, 0.15) is 54.7 Å². The highest BCUT2D eigenvalue weighted by molar-refractivity contribution is 9.11. The van der Waals surface area contributed by atoms with E-state index >= 15 is 0 Å². The lowest BCUT2D eigenvalue weighted by Gasteiger charge is -2.63. The van der Waals surface area contributed by atoms with Gasteiger partial charge in [0, 0.05) is 45.4 Å². The number of benzene rings is 2. The topological polar surface area (TPSA) is 57.9 Å². The number of hydrogen-bond acceptors (Lipinski definition) is 4. The van der Waals surface area contributed by atoms with E-state index in [-0.39, 0.29) is 17.9 Å². The van der Waals surface area contributed by atoms with Crippen LogP contribution < -0.4 is 4.74 Å². The van der Waals surface area contributed by atoms with Crippen molar-refractivity contribution >= 4 is 42.8 Å². The molecule has 5 nitrogen and oxygen atoms in total. The zero-order valence-corrected chi connectivity index (χ0v) is 22.8. The Hall–Kier alpha value is -1.54. The maximum atomic E-state index is 13.0. The van der Waals surface area contributed by atoms with Crippen molar-refractivity contribution in [3.63, 3.8) is 0 Å². The molecule has 2 aliphatic heterocycles. The van der Waals surface area contributed by atoms with Gasteiger partial charge < -0.3 is 19.5 Å². The van der Waals surface area contributed by atoms with Crippen molar-refractivity contribution < 1.29 is 14.9 Å². The summed E-state index contributed by atoms with van der Waals surface area (Å²) in [5.74, 6) is 1.56. The van der Waals surface area contributed by atoms with Crippen LogP contribution in [0.5, 0.6) is 11.5 Å². The van der Waals surface area contributed by atoms with Crippen LogP contribution in [0.4, 0.5) is 0 Å². The number of phenolic OH excluding ortho intramolecular Hbond substituents is 1. The molecule has 4 atom stereocenters. The van der Waals surface area contributed by atoms with Gasteiger partial charge >= 0.3 is 0 Å². The molecule has 2 aromatic carbocycles. The number of aliphatic hydroxyl groups is 1. The monoisotopic (exact) mass is 598 g/mol. The molecule has 35 heavy (non-hydrogen) atoms. The number of aryl methyl sites for hydroxylation is 1. The van der Waals surface area contributed by atoms with Crippen LogP contribution in [0.15, 0.2) is 33.2 Å². The smallest absolute Gasteiger partial charge is 0.166 e. The number of ether oxygens (including phenoxy) is 1. The van der Waals surface area contributed by atoms with Crippen molar-refractivity contribution in [2.75, 3.05) is 13.1 Å². The lowest BCUT2D eigenvalue weighted by atomic mass is 9.49. The van der Waals surface area contributed by atoms with Gasteiger partial charge in [0.15, 0.2) is 17.6 Å². The van der Waals surface area contributed by atoms with E-state index in [1.54, 1.807) is 6.07 Å². The molecule has 0 radical (unpaired) electrons. The number of hydrogen-bond donors (Lipinski definition) is 2. The van der Waals surface area contributed by atoms with Crippen LogP contribution in [0.2, 0.25) is 0 Å². The Labute approximate surface area is 221 Å². The number of fused-ring (bicyclic) bond motifs is 4. The van der Waals surface area contributed by atoms with Crippen LogP contribution in [0.3, 0.4) is 0 Å². The van der Waals surface area contributed by atoms with Gasteiger partial charge in [-0.1, -0.05) is 22.0 Å². The SMILES string of the molecule is CCn1c2c(c3cc(Br)cc(Br)c31)C[C@@]1(O)[C@@H]3Cc4ccc(O)c5c4[C@@]1(CCN3CC1CC1)[C@H]2O5. The van der Waals surface area contributed by atoms with Crippen LogP contribution in [0.25, 0.3) is 10.9 Å². The second-order valence-corrected chi connectivity index (χ2v) is 13.1. The molecular weight excluding hydrogens is 572 g/mol. The molecule has 1 saturated carbocycles. The van der Waals surface area contributed by atoms with Crippen molar-refractivity contribution in [1.82, 2.24) is 9.47 Å². The Morgan fingerprint density at radius 1 is 1.20 bits per heavy atom. The third-order valence-electron chi connectivity index (χ3n) is 9.75. The Balaban J connectivity index is 1.45. The van der Waals surface area contributed by atoms with Gasteiger partial charge in [-0.3, -0.25) is 4.90 Å². The highest BCUT2D eigenvalue weighted by atomic mass is 79.9. The van der Waals surface area contributed by atoms with Gasteiger partial charge in [-0.15, -0.1) is 0 Å². The molecule has 0 unspecified atom stereocenters.